The Hall–Kier alpha value is -0.240. The van der Waals surface area contributed by atoms with Crippen molar-refractivity contribution in [3.05, 3.63) is 33.8 Å². The zero-order chi connectivity index (χ0) is 12.1. The van der Waals surface area contributed by atoms with Crippen molar-refractivity contribution in [2.24, 2.45) is 5.92 Å². The predicted octanol–water partition coefficient (Wildman–Crippen LogP) is 4.33. The van der Waals surface area contributed by atoms with Gasteiger partial charge in [0.05, 0.1) is 16.1 Å². The second-order valence-corrected chi connectivity index (χ2v) is 5.39. The normalized spacial score (nSPS) is 13.1. The molecule has 0 aliphatic rings. The lowest BCUT2D eigenvalue weighted by molar-refractivity contribution is 0.157. The minimum absolute atomic E-state index is 0.292. The average Bonchev–Trinajstić information content (AvgIpc) is 2.21. The largest absolute Gasteiger partial charge is 0.393 e. The van der Waals surface area contributed by atoms with Crippen LogP contribution in [0.2, 0.25) is 10.0 Å². The summed E-state index contributed by atoms with van der Waals surface area (Å²) in [5, 5.41) is 10.9. The minimum atomic E-state index is -0.292. The van der Waals surface area contributed by atoms with Gasteiger partial charge < -0.3 is 5.11 Å². The lowest BCUT2D eigenvalue weighted by Crippen LogP contribution is -2.11. The summed E-state index contributed by atoms with van der Waals surface area (Å²) in [5.74, 6) is 0.628. The van der Waals surface area contributed by atoms with Crippen molar-refractivity contribution in [2.45, 2.75) is 39.2 Å². The molecule has 1 rings (SSSR count). The SMILES string of the molecule is CC(C)CCC(O)Cc1ccc(Cl)c(Cl)c1. The number of halogens is 2. The van der Waals surface area contributed by atoms with Crippen LogP contribution >= 0.6 is 23.2 Å². The molecule has 0 fully saturated rings. The maximum atomic E-state index is 9.84. The van der Waals surface area contributed by atoms with Crippen LogP contribution in [0.3, 0.4) is 0 Å². The molecule has 0 spiro atoms. The number of rotatable bonds is 5. The molecule has 0 aliphatic heterocycles. The monoisotopic (exact) mass is 260 g/mol. The van der Waals surface area contributed by atoms with E-state index in [1.807, 2.05) is 12.1 Å². The lowest BCUT2D eigenvalue weighted by Gasteiger charge is -2.12. The van der Waals surface area contributed by atoms with Crippen molar-refractivity contribution in [2.75, 3.05) is 0 Å². The molecule has 1 aromatic rings. The Labute approximate surface area is 107 Å². The second kappa shape index (κ2) is 6.48. The molecule has 0 heterocycles. The van der Waals surface area contributed by atoms with Crippen molar-refractivity contribution >= 4 is 23.2 Å². The lowest BCUT2D eigenvalue weighted by atomic mass is 10.00. The fourth-order valence-corrected chi connectivity index (χ4v) is 1.89. The van der Waals surface area contributed by atoms with Gasteiger partial charge in [0.25, 0.3) is 0 Å². The Morgan fingerprint density at radius 3 is 2.38 bits per heavy atom. The van der Waals surface area contributed by atoms with E-state index in [1.165, 1.54) is 0 Å². The molecular weight excluding hydrogens is 243 g/mol. The van der Waals surface area contributed by atoms with Crippen molar-refractivity contribution in [1.82, 2.24) is 0 Å². The van der Waals surface area contributed by atoms with Gasteiger partial charge in [-0.05, 0) is 42.9 Å². The molecule has 0 bridgehead atoms. The van der Waals surface area contributed by atoms with Crippen LogP contribution in [-0.2, 0) is 6.42 Å². The maximum Gasteiger partial charge on any atom is 0.0595 e. The number of aliphatic hydroxyl groups excluding tert-OH is 1. The predicted molar refractivity (Wildman–Crippen MR) is 70.2 cm³/mol. The van der Waals surface area contributed by atoms with Gasteiger partial charge in [-0.15, -0.1) is 0 Å². The molecule has 1 unspecified atom stereocenters. The van der Waals surface area contributed by atoms with E-state index < -0.39 is 0 Å². The van der Waals surface area contributed by atoms with Crippen LogP contribution in [0, 0.1) is 5.92 Å². The van der Waals surface area contributed by atoms with E-state index in [0.717, 1.165) is 18.4 Å². The van der Waals surface area contributed by atoms with E-state index in [-0.39, 0.29) is 6.10 Å². The standard InChI is InChI=1S/C13H18Cl2O/c1-9(2)3-5-11(16)7-10-4-6-12(14)13(15)8-10/h4,6,8-9,11,16H,3,5,7H2,1-2H3. The van der Waals surface area contributed by atoms with E-state index in [2.05, 4.69) is 13.8 Å². The molecule has 90 valence electrons. The molecule has 0 aromatic heterocycles. The number of aliphatic hydroxyl groups is 1. The fraction of sp³-hybridized carbons (Fsp3) is 0.538. The van der Waals surface area contributed by atoms with Gasteiger partial charge in [-0.2, -0.15) is 0 Å². The summed E-state index contributed by atoms with van der Waals surface area (Å²) >= 11 is 11.7. The quantitative estimate of drug-likeness (QED) is 0.836. The molecule has 16 heavy (non-hydrogen) atoms. The molecule has 0 amide bonds. The Morgan fingerprint density at radius 2 is 1.81 bits per heavy atom. The topological polar surface area (TPSA) is 20.2 Å². The van der Waals surface area contributed by atoms with Crippen molar-refractivity contribution < 1.29 is 5.11 Å². The molecule has 1 N–H and O–H groups in total. The Bertz CT molecular complexity index is 337. The summed E-state index contributed by atoms with van der Waals surface area (Å²) in [6, 6.07) is 5.50. The summed E-state index contributed by atoms with van der Waals surface area (Å²) in [6.07, 6.45) is 2.23. The molecule has 0 radical (unpaired) electrons. The highest BCUT2D eigenvalue weighted by Gasteiger charge is 2.08. The van der Waals surface area contributed by atoms with Crippen molar-refractivity contribution in [1.29, 1.82) is 0 Å². The highest BCUT2D eigenvalue weighted by Crippen LogP contribution is 2.23. The highest BCUT2D eigenvalue weighted by molar-refractivity contribution is 6.42. The van der Waals surface area contributed by atoms with Crippen LogP contribution in [0.5, 0.6) is 0 Å². The van der Waals surface area contributed by atoms with Crippen molar-refractivity contribution in [3.63, 3.8) is 0 Å². The van der Waals surface area contributed by atoms with Gasteiger partial charge >= 0.3 is 0 Å². The first-order valence-corrected chi connectivity index (χ1v) is 6.36. The summed E-state index contributed by atoms with van der Waals surface area (Å²) in [7, 11) is 0. The Kier molecular flexibility index (Phi) is 5.60. The molecule has 3 heteroatoms. The molecule has 1 atom stereocenters. The van der Waals surface area contributed by atoms with Crippen LogP contribution in [0.15, 0.2) is 18.2 Å². The Morgan fingerprint density at radius 1 is 1.12 bits per heavy atom. The van der Waals surface area contributed by atoms with E-state index in [0.29, 0.717) is 22.4 Å². The summed E-state index contributed by atoms with van der Waals surface area (Å²) < 4.78 is 0. The zero-order valence-corrected chi connectivity index (χ0v) is 11.2. The molecule has 1 aromatic carbocycles. The Balaban J connectivity index is 2.49. The number of hydrogen-bond donors (Lipinski definition) is 1. The van der Waals surface area contributed by atoms with E-state index in [9.17, 15) is 5.11 Å². The van der Waals surface area contributed by atoms with Crippen LogP contribution in [0.1, 0.15) is 32.3 Å². The first-order valence-electron chi connectivity index (χ1n) is 5.61. The summed E-state index contributed by atoms with van der Waals surface area (Å²) in [5.41, 5.74) is 1.03. The van der Waals surface area contributed by atoms with Crippen LogP contribution < -0.4 is 0 Å². The fourth-order valence-electron chi connectivity index (χ4n) is 1.57. The third-order valence-corrected chi connectivity index (χ3v) is 3.27. The van der Waals surface area contributed by atoms with E-state index >= 15 is 0 Å². The van der Waals surface area contributed by atoms with Gasteiger partial charge in [-0.1, -0.05) is 43.1 Å². The summed E-state index contributed by atoms with van der Waals surface area (Å²) in [4.78, 5) is 0. The third kappa shape index (κ3) is 4.73. The molecule has 0 saturated carbocycles. The van der Waals surface area contributed by atoms with E-state index in [4.69, 9.17) is 23.2 Å². The number of benzene rings is 1. The molecular formula is C13H18Cl2O. The van der Waals surface area contributed by atoms with Gasteiger partial charge in [0.1, 0.15) is 0 Å². The summed E-state index contributed by atoms with van der Waals surface area (Å²) in [6.45, 7) is 4.32. The van der Waals surface area contributed by atoms with Crippen molar-refractivity contribution in [3.8, 4) is 0 Å². The first kappa shape index (κ1) is 13.8. The second-order valence-electron chi connectivity index (χ2n) is 4.58. The first-order chi connectivity index (χ1) is 7.49. The van der Waals surface area contributed by atoms with Gasteiger partial charge in [-0.3, -0.25) is 0 Å². The van der Waals surface area contributed by atoms with Gasteiger partial charge in [0, 0.05) is 0 Å². The van der Waals surface area contributed by atoms with Crippen LogP contribution in [-0.4, -0.2) is 11.2 Å². The highest BCUT2D eigenvalue weighted by atomic mass is 35.5. The average molecular weight is 261 g/mol. The van der Waals surface area contributed by atoms with Gasteiger partial charge in [-0.25, -0.2) is 0 Å². The smallest absolute Gasteiger partial charge is 0.0595 e. The van der Waals surface area contributed by atoms with Gasteiger partial charge in [0.2, 0.25) is 0 Å². The third-order valence-electron chi connectivity index (χ3n) is 2.53. The van der Waals surface area contributed by atoms with Gasteiger partial charge in [0.15, 0.2) is 0 Å². The molecule has 0 aliphatic carbocycles. The van der Waals surface area contributed by atoms with Crippen LogP contribution in [0.4, 0.5) is 0 Å². The zero-order valence-electron chi connectivity index (χ0n) is 9.71. The molecule has 1 nitrogen and oxygen atoms in total. The molecule has 0 saturated heterocycles. The number of hydrogen-bond acceptors (Lipinski definition) is 1. The van der Waals surface area contributed by atoms with Crippen LogP contribution in [0.25, 0.3) is 0 Å². The maximum absolute atomic E-state index is 9.84. The minimum Gasteiger partial charge on any atom is -0.393 e. The van der Waals surface area contributed by atoms with E-state index in [1.54, 1.807) is 6.07 Å².